The first-order chi connectivity index (χ1) is 24.3. The van der Waals surface area contributed by atoms with Gasteiger partial charge in [-0.05, 0) is 48.6 Å². The number of alkyl halides is 4. The van der Waals surface area contributed by atoms with E-state index in [0.29, 0.717) is 10.7 Å². The van der Waals surface area contributed by atoms with E-state index in [9.17, 15) is 30.8 Å². The van der Waals surface area contributed by atoms with Gasteiger partial charge in [0.2, 0.25) is 15.9 Å². The van der Waals surface area contributed by atoms with Gasteiger partial charge in [0.1, 0.15) is 29.1 Å². The number of carbonyl (C=O) groups is 1. The van der Waals surface area contributed by atoms with Crippen LogP contribution in [-0.4, -0.2) is 45.1 Å². The molecule has 0 spiro atoms. The molecule has 3 aromatic heterocycles. The Morgan fingerprint density at radius 2 is 1.75 bits per heavy atom. The number of nitrogens with zero attached hydrogens (tertiary/aromatic N) is 5. The predicted molar refractivity (Wildman–Crippen MR) is 180 cm³/mol. The summed E-state index contributed by atoms with van der Waals surface area (Å²) >= 11 is 13.0. The minimum absolute atomic E-state index is 0.0538. The number of benzene rings is 2. The number of aryl methyl sites for hydroxylation is 1. The summed E-state index contributed by atoms with van der Waals surface area (Å²) in [5.41, 5.74) is 9.95. The monoisotopic (exact) mass is 786 g/mol. The number of nitrogens with one attached hydrogen (secondary N) is 1. The zero-order valence-corrected chi connectivity index (χ0v) is 29.1. The highest BCUT2D eigenvalue weighted by Gasteiger charge is 2.67. The van der Waals surface area contributed by atoms with Crippen molar-refractivity contribution in [1.29, 1.82) is 0 Å². The van der Waals surface area contributed by atoms with E-state index in [-0.39, 0.29) is 67.0 Å². The summed E-state index contributed by atoms with van der Waals surface area (Å²) in [5, 5.41) is 7.96. The molecule has 0 bridgehead atoms. The Balaban J connectivity index is 1.53. The van der Waals surface area contributed by atoms with Gasteiger partial charge < -0.3 is 11.5 Å². The summed E-state index contributed by atoms with van der Waals surface area (Å²) in [7, 11) is -2.40. The van der Waals surface area contributed by atoms with Gasteiger partial charge in [0.25, 0.3) is 12.3 Å². The lowest BCUT2D eigenvalue weighted by Gasteiger charge is -2.30. The van der Waals surface area contributed by atoms with Crippen molar-refractivity contribution < 1.29 is 39.6 Å². The topological polar surface area (TPSA) is 164 Å². The number of amides is 1. The molecule has 11 nitrogen and oxygen atoms in total. The van der Waals surface area contributed by atoms with Gasteiger partial charge in [-0.2, -0.15) is 19.0 Å². The lowest BCUT2D eigenvalue weighted by molar-refractivity contribution is -0.122. The van der Waals surface area contributed by atoms with Crippen molar-refractivity contribution >= 4 is 61.5 Å². The zero-order chi connectivity index (χ0) is 37.8. The second kappa shape index (κ2) is 12.3. The van der Waals surface area contributed by atoms with Crippen LogP contribution in [0.4, 0.5) is 37.8 Å². The molecule has 274 valence electrons. The number of sulfonamides is 1. The molecular weight excluding hydrogens is 761 g/mol. The van der Waals surface area contributed by atoms with Crippen LogP contribution in [-0.2, 0) is 34.2 Å². The zero-order valence-electron chi connectivity index (χ0n) is 26.8. The number of primary amides is 1. The van der Waals surface area contributed by atoms with Gasteiger partial charge in [0.15, 0.2) is 11.0 Å². The molecule has 4 atom stereocenters. The van der Waals surface area contributed by atoms with Crippen LogP contribution in [0.1, 0.15) is 58.9 Å². The molecule has 5 N–H and O–H groups in total. The van der Waals surface area contributed by atoms with Crippen LogP contribution < -0.4 is 16.2 Å². The molecule has 5 aromatic rings. The maximum Gasteiger partial charge on any atom is 0.293 e. The first-order valence-corrected chi connectivity index (χ1v) is 18.1. The third-order valence-corrected chi connectivity index (χ3v) is 10.5. The fourth-order valence-corrected chi connectivity index (χ4v) is 8.19. The third-order valence-electron chi connectivity index (χ3n) is 9.33. The van der Waals surface area contributed by atoms with Gasteiger partial charge in [-0.25, -0.2) is 35.6 Å². The van der Waals surface area contributed by atoms with Gasteiger partial charge >= 0.3 is 0 Å². The second-order valence-corrected chi connectivity index (χ2v) is 15.4. The van der Waals surface area contributed by atoms with E-state index in [2.05, 4.69) is 19.9 Å². The van der Waals surface area contributed by atoms with Crippen LogP contribution in [0.5, 0.6) is 0 Å². The van der Waals surface area contributed by atoms with Gasteiger partial charge in [-0.3, -0.25) is 14.2 Å². The van der Waals surface area contributed by atoms with Crippen LogP contribution in [0.15, 0.2) is 36.4 Å². The largest absolute Gasteiger partial charge is 0.396 e. The van der Waals surface area contributed by atoms with Crippen LogP contribution >= 0.6 is 23.2 Å². The van der Waals surface area contributed by atoms with E-state index < -0.39 is 81.5 Å². The SMILES string of the molecule is Cn1nc(NS(C)(=O)=O)c2c(Cl)ccc(-c3cc(N)c(Cl)nc3[C@@H](Cc3cc(F)cc(F)c3)C(C(N)=O)n3nc(C(F)F)c4c3C(F)(F)[C@@H]3C[C@H]43)c21. The number of pyridine rings is 1. The van der Waals surface area contributed by atoms with E-state index in [1.807, 2.05) is 0 Å². The van der Waals surface area contributed by atoms with Crippen LogP contribution in [0, 0.1) is 17.6 Å². The molecule has 3 heterocycles. The Morgan fingerprint density at radius 1 is 1.08 bits per heavy atom. The van der Waals surface area contributed by atoms with Crippen molar-refractivity contribution in [3.8, 4) is 11.1 Å². The van der Waals surface area contributed by atoms with Gasteiger partial charge in [0.05, 0.1) is 33.6 Å². The van der Waals surface area contributed by atoms with Gasteiger partial charge in [-0.15, -0.1) is 0 Å². The maximum absolute atomic E-state index is 15.9. The lowest BCUT2D eigenvalue weighted by Crippen LogP contribution is -2.37. The van der Waals surface area contributed by atoms with Crippen LogP contribution in [0.2, 0.25) is 10.2 Å². The number of halogens is 8. The van der Waals surface area contributed by atoms with Crippen LogP contribution in [0.3, 0.4) is 0 Å². The number of nitrogen functional groups attached to an aromatic ring is 1. The van der Waals surface area contributed by atoms with Crippen LogP contribution in [0.25, 0.3) is 22.0 Å². The molecule has 0 aliphatic heterocycles. The van der Waals surface area contributed by atoms with E-state index in [1.165, 1.54) is 29.9 Å². The fourth-order valence-electron chi connectivity index (χ4n) is 7.31. The maximum atomic E-state index is 15.9. The molecule has 1 saturated carbocycles. The number of fused-ring (bicyclic) bond motifs is 4. The normalized spacial score (nSPS) is 18.8. The molecule has 2 aliphatic rings. The molecule has 1 fully saturated rings. The number of anilines is 2. The van der Waals surface area contributed by atoms with Crippen molar-refractivity contribution in [3.63, 3.8) is 0 Å². The molecule has 0 saturated heterocycles. The first-order valence-electron chi connectivity index (χ1n) is 15.4. The number of hydrogen-bond acceptors (Lipinski definition) is 7. The number of nitrogens with two attached hydrogens (primary N) is 2. The van der Waals surface area contributed by atoms with Crippen molar-refractivity contribution in [1.82, 2.24) is 24.5 Å². The smallest absolute Gasteiger partial charge is 0.293 e. The number of hydrogen-bond donors (Lipinski definition) is 3. The van der Waals surface area contributed by atoms with E-state index >= 15 is 8.78 Å². The molecule has 2 aromatic carbocycles. The molecule has 20 heteroatoms. The quantitative estimate of drug-likeness (QED) is 0.107. The lowest BCUT2D eigenvalue weighted by atomic mass is 9.84. The molecule has 1 unspecified atom stereocenters. The highest BCUT2D eigenvalue weighted by Crippen LogP contribution is 2.68. The summed E-state index contributed by atoms with van der Waals surface area (Å²) in [6, 6.07) is 4.63. The van der Waals surface area contributed by atoms with E-state index in [1.54, 1.807) is 0 Å². The van der Waals surface area contributed by atoms with Crippen molar-refractivity contribution in [2.24, 2.45) is 18.7 Å². The number of rotatable bonds is 10. The Morgan fingerprint density at radius 3 is 2.37 bits per heavy atom. The van der Waals surface area contributed by atoms with Crippen molar-refractivity contribution in [2.75, 3.05) is 16.7 Å². The minimum atomic E-state index is -3.87. The summed E-state index contributed by atoms with van der Waals surface area (Å²) in [6.07, 6.45) is -3.00. The second-order valence-electron chi connectivity index (χ2n) is 12.9. The Hall–Kier alpha value is -4.55. The van der Waals surface area contributed by atoms with Gasteiger partial charge in [0, 0.05) is 41.6 Å². The Labute approximate surface area is 300 Å². The van der Waals surface area contributed by atoms with Crippen molar-refractivity contribution in [3.05, 3.63) is 86.4 Å². The summed E-state index contributed by atoms with van der Waals surface area (Å²) < 4.78 is 118. The summed E-state index contributed by atoms with van der Waals surface area (Å²) in [6.45, 7) is 0. The third kappa shape index (κ3) is 5.89. The van der Waals surface area contributed by atoms with Crippen molar-refractivity contribution in [2.45, 2.75) is 43.1 Å². The highest BCUT2D eigenvalue weighted by atomic mass is 35.5. The standard InChI is InChI=1S/C32H26Cl2F6N8O3S/c1-47-25-14(3-4-19(33)22(25)31(45-47)46-52(2,50)51)15-10-20(41)28(34)43-23(15)17(7-11-5-12(35)8-13(36)6-11)26(30(42)49)48-27-21(24(44-48)29(37)38)16-9-18(16)32(27,39)40/h3-6,8,10,16-18,26,29H,7,9,41H2,1-2H3,(H2,42,49)(H,45,46)/t16-,17+,18+,26?/m0/s1. The Kier molecular flexibility index (Phi) is 8.45. The average molecular weight is 788 g/mol. The number of carbonyl (C=O) groups excluding carboxylic acids is 1. The first kappa shape index (κ1) is 35.8. The van der Waals surface area contributed by atoms with Gasteiger partial charge in [-0.1, -0.05) is 29.3 Å². The van der Waals surface area contributed by atoms with E-state index in [0.717, 1.165) is 18.4 Å². The number of aromatic nitrogens is 5. The molecule has 7 rings (SSSR count). The molecule has 1 amide bonds. The Bertz CT molecular complexity index is 2420. The predicted octanol–water partition coefficient (Wildman–Crippen LogP) is 6.57. The summed E-state index contributed by atoms with van der Waals surface area (Å²) in [4.78, 5) is 18.0. The molecule has 0 radical (unpaired) electrons. The van der Waals surface area contributed by atoms with E-state index in [4.69, 9.17) is 34.7 Å². The molecule has 2 aliphatic carbocycles. The molecule has 52 heavy (non-hydrogen) atoms. The molecular formula is C32H26Cl2F6N8O3S. The average Bonchev–Trinajstić information content (AvgIpc) is 3.55. The minimum Gasteiger partial charge on any atom is -0.396 e. The summed E-state index contributed by atoms with van der Waals surface area (Å²) in [5.74, 6) is -11.0. The highest BCUT2D eigenvalue weighted by molar-refractivity contribution is 7.92. The fraction of sp³-hybridized carbons (Fsp3) is 0.312.